The largest absolute Gasteiger partial charge is 0.573 e. The number of alkyl halides is 3. The number of aryl methyl sites for hydroxylation is 1. The van der Waals surface area contributed by atoms with Gasteiger partial charge in [-0.15, -0.1) is 13.2 Å². The van der Waals surface area contributed by atoms with Crippen molar-refractivity contribution in [1.82, 2.24) is 10.4 Å². The van der Waals surface area contributed by atoms with Crippen LogP contribution >= 0.6 is 0 Å². The highest BCUT2D eigenvalue weighted by molar-refractivity contribution is 6.04. The van der Waals surface area contributed by atoms with Crippen molar-refractivity contribution in [3.8, 4) is 16.9 Å². The molecule has 0 fully saturated rings. The third kappa shape index (κ3) is 4.06. The Labute approximate surface area is 140 Å². The van der Waals surface area contributed by atoms with Crippen molar-refractivity contribution >= 4 is 11.8 Å². The summed E-state index contributed by atoms with van der Waals surface area (Å²) in [5, 5.41) is 3.78. The van der Waals surface area contributed by atoms with E-state index < -0.39 is 18.2 Å². The van der Waals surface area contributed by atoms with Gasteiger partial charge in [0.05, 0.1) is 0 Å². The Hall–Kier alpha value is -3.10. The van der Waals surface area contributed by atoms with Crippen LogP contribution in [0.2, 0.25) is 0 Å². The van der Waals surface area contributed by atoms with Gasteiger partial charge in [0.1, 0.15) is 18.1 Å². The van der Waals surface area contributed by atoms with E-state index in [1.165, 1.54) is 18.3 Å². The Morgan fingerprint density at radius 1 is 1.20 bits per heavy atom. The van der Waals surface area contributed by atoms with Gasteiger partial charge in [-0.25, -0.2) is 10.2 Å². The van der Waals surface area contributed by atoms with Crippen molar-refractivity contribution in [1.29, 1.82) is 0 Å². The molecule has 0 saturated carbocycles. The number of carbonyl (C=O) groups is 1. The van der Waals surface area contributed by atoms with E-state index in [1.54, 1.807) is 25.1 Å². The van der Waals surface area contributed by atoms with Crippen LogP contribution < -0.4 is 10.2 Å². The molecule has 0 atom stereocenters. The van der Waals surface area contributed by atoms with Gasteiger partial charge < -0.3 is 9.47 Å². The Bertz CT molecular complexity index is 833. The fourth-order valence-corrected chi connectivity index (χ4v) is 2.24. The van der Waals surface area contributed by atoms with Crippen molar-refractivity contribution in [3.63, 3.8) is 0 Å². The van der Waals surface area contributed by atoms with Crippen molar-refractivity contribution < 1.29 is 27.4 Å². The molecule has 9 heteroatoms. The molecule has 25 heavy (non-hydrogen) atoms. The van der Waals surface area contributed by atoms with E-state index in [2.05, 4.69) is 20.2 Å². The molecule has 0 aliphatic carbocycles. The number of hydrazone groups is 1. The van der Waals surface area contributed by atoms with Gasteiger partial charge in [-0.2, -0.15) is 5.10 Å². The molecule has 0 saturated heterocycles. The molecule has 0 unspecified atom stereocenters. The van der Waals surface area contributed by atoms with Crippen LogP contribution in [-0.2, 0) is 4.74 Å². The van der Waals surface area contributed by atoms with E-state index in [9.17, 15) is 18.0 Å². The Balaban J connectivity index is 2.03. The maximum Gasteiger partial charge on any atom is 0.573 e. The number of hydrogen-bond donors (Lipinski definition) is 1. The summed E-state index contributed by atoms with van der Waals surface area (Å²) < 4.78 is 47.2. The summed E-state index contributed by atoms with van der Waals surface area (Å²) in [4.78, 5) is 15.0. The quantitative estimate of drug-likeness (QED) is 0.920. The average Bonchev–Trinajstić information content (AvgIpc) is 2.55. The van der Waals surface area contributed by atoms with Gasteiger partial charge in [-0.05, 0) is 25.1 Å². The van der Waals surface area contributed by atoms with Gasteiger partial charge in [-0.1, -0.05) is 12.1 Å². The number of halogens is 3. The van der Waals surface area contributed by atoms with Crippen LogP contribution in [0.25, 0.3) is 11.1 Å². The number of rotatable bonds is 3. The number of amides is 1. The second-order valence-corrected chi connectivity index (χ2v) is 5.19. The number of nitrogens with one attached hydrogen (secondary N) is 1. The maximum absolute atomic E-state index is 12.8. The van der Waals surface area contributed by atoms with Crippen LogP contribution in [0.5, 0.6) is 5.75 Å². The highest BCUT2D eigenvalue weighted by Gasteiger charge is 2.32. The van der Waals surface area contributed by atoms with Crippen LogP contribution in [-0.4, -0.2) is 29.8 Å². The average molecular weight is 351 g/mol. The van der Waals surface area contributed by atoms with Gasteiger partial charge in [0, 0.05) is 28.6 Å². The minimum Gasteiger partial charge on any atom is -0.442 e. The summed E-state index contributed by atoms with van der Waals surface area (Å²) in [6.07, 6.45) is -4.11. The van der Waals surface area contributed by atoms with E-state index >= 15 is 0 Å². The summed E-state index contributed by atoms with van der Waals surface area (Å²) in [5.41, 5.74) is 4.17. The lowest BCUT2D eigenvalue weighted by Crippen LogP contribution is -2.30. The fraction of sp³-hybridized carbons (Fsp3) is 0.188. The Kier molecular flexibility index (Phi) is 4.30. The summed E-state index contributed by atoms with van der Waals surface area (Å²) in [6.45, 7) is 1.62. The normalized spacial score (nSPS) is 14.4. The molecule has 1 aromatic carbocycles. The Morgan fingerprint density at radius 3 is 2.56 bits per heavy atom. The first-order valence-corrected chi connectivity index (χ1v) is 7.14. The SMILES string of the molecule is Cc1ccc(-c2ccc(C3=NNC(=O)OC3)cc2OC(F)(F)F)cn1. The van der Waals surface area contributed by atoms with Crippen LogP contribution in [0.1, 0.15) is 11.3 Å². The minimum absolute atomic E-state index is 0.150. The third-order valence-electron chi connectivity index (χ3n) is 3.39. The zero-order valence-corrected chi connectivity index (χ0v) is 12.9. The second kappa shape index (κ2) is 6.42. The van der Waals surface area contributed by atoms with Gasteiger partial charge in [0.2, 0.25) is 0 Å². The fourth-order valence-electron chi connectivity index (χ4n) is 2.24. The number of nitrogens with zero attached hydrogens (tertiary/aromatic N) is 2. The highest BCUT2D eigenvalue weighted by Crippen LogP contribution is 2.34. The van der Waals surface area contributed by atoms with E-state index in [1.807, 2.05) is 0 Å². The van der Waals surface area contributed by atoms with Gasteiger partial charge in [0.15, 0.2) is 0 Å². The van der Waals surface area contributed by atoms with Crippen LogP contribution in [0.3, 0.4) is 0 Å². The second-order valence-electron chi connectivity index (χ2n) is 5.19. The molecule has 2 heterocycles. The van der Waals surface area contributed by atoms with Crippen molar-refractivity contribution in [2.45, 2.75) is 13.3 Å². The monoisotopic (exact) mass is 351 g/mol. The molecule has 0 radical (unpaired) electrons. The van der Waals surface area contributed by atoms with Crippen LogP contribution in [0.4, 0.5) is 18.0 Å². The summed E-state index contributed by atoms with van der Waals surface area (Å²) >= 11 is 0. The third-order valence-corrected chi connectivity index (χ3v) is 3.39. The first kappa shape index (κ1) is 16.7. The van der Waals surface area contributed by atoms with Crippen LogP contribution in [0, 0.1) is 6.92 Å². The van der Waals surface area contributed by atoms with Crippen molar-refractivity contribution in [3.05, 3.63) is 47.8 Å². The summed E-state index contributed by atoms with van der Waals surface area (Å²) in [7, 11) is 0. The van der Waals surface area contributed by atoms with E-state index in [4.69, 9.17) is 4.74 Å². The first-order chi connectivity index (χ1) is 11.8. The van der Waals surface area contributed by atoms with Gasteiger partial charge in [-0.3, -0.25) is 4.98 Å². The molecule has 1 amide bonds. The molecule has 3 rings (SSSR count). The Morgan fingerprint density at radius 2 is 1.96 bits per heavy atom. The lowest BCUT2D eigenvalue weighted by molar-refractivity contribution is -0.274. The van der Waals surface area contributed by atoms with Crippen molar-refractivity contribution in [2.24, 2.45) is 5.10 Å². The molecule has 6 nitrogen and oxygen atoms in total. The molecular weight excluding hydrogens is 339 g/mol. The molecule has 1 N–H and O–H groups in total. The lowest BCUT2D eigenvalue weighted by Gasteiger charge is -2.17. The standard InChI is InChI=1S/C16H12F3N3O3/c1-9-2-3-11(7-20-9)12-5-4-10(6-14(12)25-16(17,18)19)13-8-24-15(23)22-21-13/h2-7H,8H2,1H3,(H,22,23). The number of benzene rings is 1. The number of ether oxygens (including phenoxy) is 2. The van der Waals surface area contributed by atoms with E-state index in [0.29, 0.717) is 11.1 Å². The predicted molar refractivity (Wildman–Crippen MR) is 82.1 cm³/mol. The predicted octanol–water partition coefficient (Wildman–Crippen LogP) is 3.40. The van der Waals surface area contributed by atoms with Gasteiger partial charge >= 0.3 is 12.5 Å². The number of hydrogen-bond acceptors (Lipinski definition) is 5. The molecule has 1 aliphatic rings. The molecular formula is C16H12F3N3O3. The zero-order chi connectivity index (χ0) is 18.0. The van der Waals surface area contributed by atoms with Gasteiger partial charge in [0.25, 0.3) is 0 Å². The minimum atomic E-state index is -4.86. The molecule has 2 aromatic rings. The number of aromatic nitrogens is 1. The maximum atomic E-state index is 12.8. The highest BCUT2D eigenvalue weighted by atomic mass is 19.4. The van der Waals surface area contributed by atoms with E-state index in [0.717, 1.165) is 5.69 Å². The molecule has 1 aliphatic heterocycles. The summed E-state index contributed by atoms with van der Waals surface area (Å²) in [6, 6.07) is 7.58. The molecule has 1 aromatic heterocycles. The zero-order valence-electron chi connectivity index (χ0n) is 12.9. The smallest absolute Gasteiger partial charge is 0.442 e. The first-order valence-electron chi connectivity index (χ1n) is 7.14. The molecule has 130 valence electrons. The van der Waals surface area contributed by atoms with Crippen LogP contribution in [0.15, 0.2) is 41.6 Å². The molecule has 0 bridgehead atoms. The lowest BCUT2D eigenvalue weighted by atomic mass is 10.0. The summed E-state index contributed by atoms with van der Waals surface area (Å²) in [5.74, 6) is -0.393. The number of cyclic esters (lactones) is 1. The number of carbonyl (C=O) groups excluding carboxylic acids is 1. The molecule has 0 spiro atoms. The van der Waals surface area contributed by atoms with Crippen molar-refractivity contribution in [2.75, 3.05) is 6.61 Å². The van der Waals surface area contributed by atoms with E-state index in [-0.39, 0.29) is 17.9 Å². The topological polar surface area (TPSA) is 72.8 Å². The number of pyridine rings is 1.